The van der Waals surface area contributed by atoms with E-state index in [0.717, 1.165) is 27.3 Å². The summed E-state index contributed by atoms with van der Waals surface area (Å²) in [5, 5.41) is 7.27. The number of azide groups is 1. The number of ether oxygens (including phenoxy) is 2. The first-order valence-electron chi connectivity index (χ1n) is 16.1. The molecule has 13 nitrogen and oxygen atoms in total. The van der Waals surface area contributed by atoms with Gasteiger partial charge in [0.1, 0.15) is 24.3 Å². The Labute approximate surface area is 275 Å². The Hall–Kier alpha value is -4.77. The standard InChI is InChI=1S/C34H45N7O6/c1-22(2)20-28(31(43)47-34(3,4)5)37-32(44)41(19-11-17-36-39-35)38-30(42)29-16-10-18-40(29)33(45)46-21-27-25-14-8-6-12-23(25)24-13-7-9-15-26(24)27/h6-9,12-15,22,27-29H,10-11,16-21H2,1-5H3,(H,37,44)(H,38,42)/t28-,29-/m0/s1. The number of carbonyl (C=O) groups excluding carboxylic acids is 4. The zero-order chi connectivity index (χ0) is 34.1. The van der Waals surface area contributed by atoms with Crippen LogP contribution in [0.4, 0.5) is 9.59 Å². The molecule has 2 N–H and O–H groups in total. The molecular weight excluding hydrogens is 602 g/mol. The summed E-state index contributed by atoms with van der Waals surface area (Å²) in [6.07, 6.45) is 0.934. The van der Waals surface area contributed by atoms with Crippen molar-refractivity contribution in [3.05, 3.63) is 70.1 Å². The average molecular weight is 648 g/mol. The van der Waals surface area contributed by atoms with E-state index in [-0.39, 0.29) is 38.0 Å². The van der Waals surface area contributed by atoms with E-state index >= 15 is 0 Å². The number of hydrogen-bond donors (Lipinski definition) is 2. The molecule has 0 saturated carbocycles. The van der Waals surface area contributed by atoms with Crippen LogP contribution in [-0.4, -0.2) is 77.8 Å². The first-order valence-corrected chi connectivity index (χ1v) is 16.1. The number of carbonyl (C=O) groups is 4. The number of likely N-dealkylation sites (tertiary alicyclic amines) is 1. The molecule has 2 aromatic carbocycles. The smallest absolute Gasteiger partial charge is 0.410 e. The molecule has 13 heteroatoms. The summed E-state index contributed by atoms with van der Waals surface area (Å²) >= 11 is 0. The Kier molecular flexibility index (Phi) is 11.7. The number of rotatable bonds is 11. The van der Waals surface area contributed by atoms with Crippen LogP contribution in [0.1, 0.15) is 77.3 Å². The molecule has 0 bridgehead atoms. The van der Waals surface area contributed by atoms with Gasteiger partial charge in [-0.1, -0.05) is 67.5 Å². The molecule has 0 unspecified atom stereocenters. The molecule has 1 aliphatic heterocycles. The molecule has 0 aromatic heterocycles. The lowest BCUT2D eigenvalue weighted by molar-refractivity contribution is -0.157. The largest absolute Gasteiger partial charge is 0.458 e. The van der Waals surface area contributed by atoms with Crippen LogP contribution in [0.3, 0.4) is 0 Å². The topological polar surface area (TPSA) is 166 Å². The van der Waals surface area contributed by atoms with Gasteiger partial charge in [0.15, 0.2) is 0 Å². The van der Waals surface area contributed by atoms with Crippen LogP contribution in [0.2, 0.25) is 0 Å². The third-order valence-electron chi connectivity index (χ3n) is 8.02. The maximum Gasteiger partial charge on any atom is 0.410 e. The van der Waals surface area contributed by atoms with E-state index in [4.69, 9.17) is 15.0 Å². The summed E-state index contributed by atoms with van der Waals surface area (Å²) in [5.74, 6) is -1.21. The number of amides is 4. The molecule has 252 valence electrons. The van der Waals surface area contributed by atoms with Crippen molar-refractivity contribution in [2.45, 2.75) is 83.9 Å². The van der Waals surface area contributed by atoms with E-state index in [2.05, 4.69) is 32.9 Å². The highest BCUT2D eigenvalue weighted by Gasteiger charge is 2.38. The summed E-state index contributed by atoms with van der Waals surface area (Å²) in [5.41, 5.74) is 14.9. The minimum absolute atomic E-state index is 0.00300. The van der Waals surface area contributed by atoms with Gasteiger partial charge in [0.05, 0.1) is 0 Å². The predicted octanol–water partition coefficient (Wildman–Crippen LogP) is 5.90. The lowest BCUT2D eigenvalue weighted by Crippen LogP contribution is -2.58. The van der Waals surface area contributed by atoms with E-state index in [1.54, 1.807) is 20.8 Å². The van der Waals surface area contributed by atoms with Gasteiger partial charge < -0.3 is 14.8 Å². The van der Waals surface area contributed by atoms with Gasteiger partial charge in [-0.15, -0.1) is 0 Å². The molecule has 2 aromatic rings. The maximum absolute atomic E-state index is 13.6. The van der Waals surface area contributed by atoms with Crippen LogP contribution in [0.25, 0.3) is 21.6 Å². The quantitative estimate of drug-likeness (QED) is 0.0769. The molecule has 0 radical (unpaired) electrons. The van der Waals surface area contributed by atoms with Crippen molar-refractivity contribution in [2.24, 2.45) is 11.0 Å². The van der Waals surface area contributed by atoms with Gasteiger partial charge in [0, 0.05) is 30.5 Å². The Morgan fingerprint density at radius 3 is 2.30 bits per heavy atom. The lowest BCUT2D eigenvalue weighted by atomic mass is 9.98. The van der Waals surface area contributed by atoms with Crippen molar-refractivity contribution in [1.29, 1.82) is 0 Å². The Morgan fingerprint density at radius 1 is 1.06 bits per heavy atom. The number of hydrogen-bond acceptors (Lipinski definition) is 7. The van der Waals surface area contributed by atoms with E-state index < -0.39 is 41.7 Å². The van der Waals surface area contributed by atoms with Gasteiger partial charge >= 0.3 is 18.1 Å². The molecule has 1 fully saturated rings. The fourth-order valence-electron chi connectivity index (χ4n) is 5.98. The number of hydrazine groups is 1. The Morgan fingerprint density at radius 2 is 1.70 bits per heavy atom. The lowest BCUT2D eigenvalue weighted by Gasteiger charge is -2.30. The zero-order valence-electron chi connectivity index (χ0n) is 27.8. The molecular formula is C34H45N7O6. The van der Waals surface area contributed by atoms with Gasteiger partial charge in [-0.2, -0.15) is 0 Å². The van der Waals surface area contributed by atoms with Crippen molar-refractivity contribution < 1.29 is 28.7 Å². The van der Waals surface area contributed by atoms with E-state index in [1.165, 1.54) is 4.90 Å². The van der Waals surface area contributed by atoms with Crippen LogP contribution < -0.4 is 10.7 Å². The molecule has 2 atom stereocenters. The highest BCUT2D eigenvalue weighted by molar-refractivity contribution is 5.89. The average Bonchev–Trinajstić information content (AvgIpc) is 3.63. The van der Waals surface area contributed by atoms with Gasteiger partial charge in [-0.05, 0) is 80.2 Å². The first kappa shape index (κ1) is 35.1. The van der Waals surface area contributed by atoms with E-state index in [1.807, 2.05) is 50.2 Å². The van der Waals surface area contributed by atoms with E-state index in [0.29, 0.717) is 25.8 Å². The highest BCUT2D eigenvalue weighted by atomic mass is 16.6. The number of nitrogens with zero attached hydrogens (tertiary/aromatic N) is 5. The third kappa shape index (κ3) is 9.16. The molecule has 4 rings (SSSR count). The van der Waals surface area contributed by atoms with Crippen LogP contribution in [0, 0.1) is 5.92 Å². The molecule has 1 saturated heterocycles. The van der Waals surface area contributed by atoms with Gasteiger partial charge in [0.2, 0.25) is 0 Å². The maximum atomic E-state index is 13.6. The molecule has 4 amide bonds. The number of nitrogens with one attached hydrogen (secondary N) is 2. The minimum atomic E-state index is -0.956. The second kappa shape index (κ2) is 15.7. The zero-order valence-corrected chi connectivity index (χ0v) is 27.8. The fraction of sp³-hybridized carbons (Fsp3) is 0.529. The molecule has 1 heterocycles. The highest BCUT2D eigenvalue weighted by Crippen LogP contribution is 2.44. The fourth-order valence-corrected chi connectivity index (χ4v) is 5.98. The van der Waals surface area contributed by atoms with Crippen LogP contribution in [0.5, 0.6) is 0 Å². The molecule has 0 spiro atoms. The first-order chi connectivity index (χ1) is 22.4. The summed E-state index contributed by atoms with van der Waals surface area (Å²) in [6, 6.07) is 13.6. The summed E-state index contributed by atoms with van der Waals surface area (Å²) in [4.78, 5) is 57.5. The Bertz CT molecular complexity index is 1450. The van der Waals surface area contributed by atoms with Crippen molar-refractivity contribution in [3.8, 4) is 11.1 Å². The van der Waals surface area contributed by atoms with E-state index in [9.17, 15) is 19.2 Å². The van der Waals surface area contributed by atoms with Crippen LogP contribution in [-0.2, 0) is 19.1 Å². The van der Waals surface area contributed by atoms with Gasteiger partial charge in [-0.25, -0.2) is 19.4 Å². The van der Waals surface area contributed by atoms with Crippen molar-refractivity contribution >= 4 is 24.0 Å². The van der Waals surface area contributed by atoms with Crippen molar-refractivity contribution in [3.63, 3.8) is 0 Å². The second-order valence-corrected chi connectivity index (χ2v) is 13.3. The van der Waals surface area contributed by atoms with Crippen molar-refractivity contribution in [2.75, 3.05) is 26.2 Å². The normalized spacial score (nSPS) is 16.0. The number of esters is 1. The molecule has 2 aliphatic rings. The Balaban J connectivity index is 1.43. The number of urea groups is 1. The van der Waals surface area contributed by atoms with Crippen LogP contribution >= 0.6 is 0 Å². The summed E-state index contributed by atoms with van der Waals surface area (Å²) < 4.78 is 11.3. The minimum Gasteiger partial charge on any atom is -0.458 e. The van der Waals surface area contributed by atoms with Gasteiger partial charge in [-0.3, -0.25) is 15.1 Å². The summed E-state index contributed by atoms with van der Waals surface area (Å²) in [7, 11) is 0. The predicted molar refractivity (Wildman–Crippen MR) is 176 cm³/mol. The number of fused-ring (bicyclic) bond motifs is 3. The monoisotopic (exact) mass is 647 g/mol. The van der Waals surface area contributed by atoms with Crippen molar-refractivity contribution in [1.82, 2.24) is 20.7 Å². The SMILES string of the molecule is CC(C)C[C@H](NC(=O)N(CCCN=[N+]=[N-])NC(=O)[C@@H]1CCCN1C(=O)OCC1c2ccccc2-c2ccccc21)C(=O)OC(C)(C)C. The van der Waals surface area contributed by atoms with Gasteiger partial charge in [0.25, 0.3) is 5.91 Å². The van der Waals surface area contributed by atoms with Crippen LogP contribution in [0.15, 0.2) is 53.6 Å². The molecule has 1 aliphatic carbocycles. The third-order valence-corrected chi connectivity index (χ3v) is 8.02. The summed E-state index contributed by atoms with van der Waals surface area (Å²) in [6.45, 7) is 9.59. The molecule has 47 heavy (non-hydrogen) atoms. The second-order valence-electron chi connectivity index (χ2n) is 13.3. The number of benzene rings is 2.